The summed E-state index contributed by atoms with van der Waals surface area (Å²) in [4.78, 5) is 21.3. The topological polar surface area (TPSA) is 72.7 Å². The second-order valence-corrected chi connectivity index (χ2v) is 7.03. The second kappa shape index (κ2) is 8.62. The van der Waals surface area contributed by atoms with Crippen molar-refractivity contribution >= 4 is 5.91 Å². The molecule has 0 radical (unpaired) electrons. The first-order valence-corrected chi connectivity index (χ1v) is 9.69. The number of halogens is 3. The molecule has 0 aliphatic rings. The molecule has 0 saturated heterocycles. The Hall–Kier alpha value is -4.01. The predicted molar refractivity (Wildman–Crippen MR) is 111 cm³/mol. The van der Waals surface area contributed by atoms with Crippen LogP contribution in [-0.2, 0) is 6.18 Å². The average molecular weight is 437 g/mol. The van der Waals surface area contributed by atoms with Crippen LogP contribution in [0, 0.1) is 6.92 Å². The molecule has 0 bridgehead atoms. The van der Waals surface area contributed by atoms with E-state index in [1.54, 1.807) is 19.2 Å². The summed E-state index contributed by atoms with van der Waals surface area (Å²) in [6, 6.07) is 16.5. The number of alkyl halides is 3. The number of hydrogen-bond donors (Lipinski definition) is 1. The van der Waals surface area contributed by atoms with Crippen LogP contribution in [0.1, 0.15) is 38.9 Å². The van der Waals surface area contributed by atoms with Gasteiger partial charge in [-0.1, -0.05) is 36.4 Å². The van der Waals surface area contributed by atoms with Crippen LogP contribution in [0.4, 0.5) is 13.2 Å². The Morgan fingerprint density at radius 2 is 1.72 bits per heavy atom. The minimum Gasteiger partial charge on any atom is -0.339 e. The van der Waals surface area contributed by atoms with E-state index in [9.17, 15) is 18.0 Å². The zero-order valence-electron chi connectivity index (χ0n) is 16.9. The summed E-state index contributed by atoms with van der Waals surface area (Å²) in [6.07, 6.45) is -0.724. The highest BCUT2D eigenvalue weighted by atomic mass is 19.4. The average Bonchev–Trinajstić information content (AvgIpc) is 3.19. The fourth-order valence-electron chi connectivity index (χ4n) is 3.27. The first-order valence-electron chi connectivity index (χ1n) is 9.69. The number of nitrogens with one attached hydrogen (secondary N) is 1. The van der Waals surface area contributed by atoms with E-state index in [-0.39, 0.29) is 17.3 Å². The molecule has 1 unspecified atom stereocenters. The van der Waals surface area contributed by atoms with Gasteiger partial charge < -0.3 is 5.32 Å². The van der Waals surface area contributed by atoms with E-state index >= 15 is 0 Å². The van der Waals surface area contributed by atoms with Gasteiger partial charge in [0, 0.05) is 12.4 Å². The van der Waals surface area contributed by atoms with Gasteiger partial charge in [0.1, 0.15) is 0 Å². The zero-order chi connectivity index (χ0) is 22.7. The fourth-order valence-corrected chi connectivity index (χ4v) is 3.27. The number of rotatable bonds is 5. The standard InChI is InChI=1S/C23H18F3N5O/c1-15-18(14-29-31(15)20-11-10-17(13-28-20)23(24,25)26)22(32)30-21(16-7-3-2-4-8-16)19-9-5-6-12-27-19/h2-14,21H,1H3,(H,30,32). The smallest absolute Gasteiger partial charge is 0.339 e. The van der Waals surface area contributed by atoms with Crippen LogP contribution < -0.4 is 5.32 Å². The summed E-state index contributed by atoms with van der Waals surface area (Å²) in [6.45, 7) is 1.65. The minimum absolute atomic E-state index is 0.180. The summed E-state index contributed by atoms with van der Waals surface area (Å²) < 4.78 is 39.7. The molecule has 3 aromatic heterocycles. The maximum Gasteiger partial charge on any atom is 0.417 e. The van der Waals surface area contributed by atoms with Crippen LogP contribution in [0.5, 0.6) is 0 Å². The maximum absolute atomic E-state index is 13.1. The Labute approximate surface area is 181 Å². The summed E-state index contributed by atoms with van der Waals surface area (Å²) in [5.74, 6) is -0.209. The highest BCUT2D eigenvalue weighted by molar-refractivity contribution is 5.95. The van der Waals surface area contributed by atoms with E-state index in [0.29, 0.717) is 11.4 Å². The fraction of sp³-hybridized carbons (Fsp3) is 0.130. The van der Waals surface area contributed by atoms with Crippen molar-refractivity contribution in [2.24, 2.45) is 0 Å². The lowest BCUT2D eigenvalue weighted by Gasteiger charge is -2.18. The number of amides is 1. The lowest BCUT2D eigenvalue weighted by atomic mass is 10.0. The number of carbonyl (C=O) groups is 1. The lowest BCUT2D eigenvalue weighted by Crippen LogP contribution is -2.30. The second-order valence-electron chi connectivity index (χ2n) is 7.03. The largest absolute Gasteiger partial charge is 0.417 e. The Morgan fingerprint density at radius 1 is 0.969 bits per heavy atom. The molecule has 32 heavy (non-hydrogen) atoms. The predicted octanol–water partition coefficient (Wildman–Crippen LogP) is 4.51. The van der Waals surface area contributed by atoms with Crippen LogP contribution in [0.15, 0.2) is 79.3 Å². The third-order valence-electron chi connectivity index (χ3n) is 4.94. The molecule has 6 nitrogen and oxygen atoms in total. The van der Waals surface area contributed by atoms with Crippen molar-refractivity contribution in [1.82, 2.24) is 25.1 Å². The normalized spacial score (nSPS) is 12.4. The molecule has 0 fully saturated rings. The van der Waals surface area contributed by atoms with Gasteiger partial charge in [-0.25, -0.2) is 9.67 Å². The molecule has 0 spiro atoms. The van der Waals surface area contributed by atoms with Crippen LogP contribution in [0.3, 0.4) is 0 Å². The molecule has 0 aliphatic carbocycles. The van der Waals surface area contributed by atoms with Crippen molar-refractivity contribution in [3.05, 3.63) is 107 Å². The number of pyridine rings is 2. The molecule has 1 N–H and O–H groups in total. The van der Waals surface area contributed by atoms with Crippen LogP contribution >= 0.6 is 0 Å². The van der Waals surface area contributed by atoms with Gasteiger partial charge in [-0.2, -0.15) is 18.3 Å². The Balaban J connectivity index is 1.61. The Bertz CT molecular complexity index is 1170. The molecular formula is C23H18F3N5O. The van der Waals surface area contributed by atoms with Crippen LogP contribution in [0.2, 0.25) is 0 Å². The third kappa shape index (κ3) is 4.36. The SMILES string of the molecule is Cc1c(C(=O)NC(c2ccccc2)c2ccccn2)cnn1-c1ccc(C(F)(F)F)cn1. The molecule has 3 heterocycles. The molecule has 162 valence electrons. The van der Waals surface area contributed by atoms with Gasteiger partial charge in [-0.3, -0.25) is 9.78 Å². The first-order chi connectivity index (χ1) is 15.3. The lowest BCUT2D eigenvalue weighted by molar-refractivity contribution is -0.137. The quantitative estimate of drug-likeness (QED) is 0.499. The highest BCUT2D eigenvalue weighted by Crippen LogP contribution is 2.29. The van der Waals surface area contributed by atoms with E-state index in [1.807, 2.05) is 42.5 Å². The van der Waals surface area contributed by atoms with Gasteiger partial charge >= 0.3 is 6.18 Å². The van der Waals surface area contributed by atoms with E-state index < -0.39 is 17.8 Å². The van der Waals surface area contributed by atoms with E-state index in [4.69, 9.17) is 0 Å². The van der Waals surface area contributed by atoms with Crippen LogP contribution in [0.25, 0.3) is 5.82 Å². The van der Waals surface area contributed by atoms with Crippen molar-refractivity contribution in [1.29, 1.82) is 0 Å². The number of benzene rings is 1. The van der Waals surface area contributed by atoms with Gasteiger partial charge in [0.2, 0.25) is 0 Å². The van der Waals surface area contributed by atoms with Crippen molar-refractivity contribution in [2.75, 3.05) is 0 Å². The highest BCUT2D eigenvalue weighted by Gasteiger charge is 2.31. The summed E-state index contributed by atoms with van der Waals surface area (Å²) in [5.41, 5.74) is 1.40. The summed E-state index contributed by atoms with van der Waals surface area (Å²) in [5, 5.41) is 7.12. The van der Waals surface area contributed by atoms with E-state index in [2.05, 4.69) is 20.4 Å². The Morgan fingerprint density at radius 3 is 2.34 bits per heavy atom. The van der Waals surface area contributed by atoms with Gasteiger partial charge in [0.15, 0.2) is 5.82 Å². The van der Waals surface area contributed by atoms with E-state index in [0.717, 1.165) is 17.8 Å². The maximum atomic E-state index is 13.1. The van der Waals surface area contributed by atoms with Gasteiger partial charge in [0.25, 0.3) is 5.91 Å². The third-order valence-corrected chi connectivity index (χ3v) is 4.94. The number of aromatic nitrogens is 4. The van der Waals surface area contributed by atoms with Crippen molar-refractivity contribution in [3.8, 4) is 5.82 Å². The number of hydrogen-bond acceptors (Lipinski definition) is 4. The van der Waals surface area contributed by atoms with Gasteiger partial charge in [-0.05, 0) is 36.8 Å². The molecule has 0 aliphatic heterocycles. The molecule has 1 aromatic carbocycles. The molecule has 1 amide bonds. The minimum atomic E-state index is -4.48. The first kappa shape index (κ1) is 21.2. The molecule has 4 rings (SSSR count). The van der Waals surface area contributed by atoms with Gasteiger partial charge in [0.05, 0.1) is 34.8 Å². The monoisotopic (exact) mass is 437 g/mol. The van der Waals surface area contributed by atoms with Crippen molar-refractivity contribution in [2.45, 2.75) is 19.1 Å². The van der Waals surface area contributed by atoms with E-state index in [1.165, 1.54) is 16.9 Å². The Kier molecular flexibility index (Phi) is 5.72. The van der Waals surface area contributed by atoms with Crippen molar-refractivity contribution in [3.63, 3.8) is 0 Å². The summed E-state index contributed by atoms with van der Waals surface area (Å²) >= 11 is 0. The number of nitrogens with zero attached hydrogens (tertiary/aromatic N) is 4. The molecule has 9 heteroatoms. The molecule has 4 aromatic rings. The number of carbonyl (C=O) groups excluding carboxylic acids is 1. The van der Waals surface area contributed by atoms with Gasteiger partial charge in [-0.15, -0.1) is 0 Å². The molecule has 0 saturated carbocycles. The van der Waals surface area contributed by atoms with Crippen molar-refractivity contribution < 1.29 is 18.0 Å². The molecule has 1 atom stereocenters. The molecular weight excluding hydrogens is 419 g/mol. The zero-order valence-corrected chi connectivity index (χ0v) is 16.9. The van der Waals surface area contributed by atoms with Crippen LogP contribution in [-0.4, -0.2) is 25.7 Å². The summed E-state index contributed by atoms with van der Waals surface area (Å²) in [7, 11) is 0.